The van der Waals surface area contributed by atoms with Crippen LogP contribution in [-0.2, 0) is 16.0 Å². The molecule has 2 aliphatic rings. The van der Waals surface area contributed by atoms with Crippen LogP contribution in [0.15, 0.2) is 12.1 Å². The van der Waals surface area contributed by atoms with Gasteiger partial charge in [0.2, 0.25) is 5.91 Å². The quantitative estimate of drug-likeness (QED) is 0.733. The van der Waals surface area contributed by atoms with E-state index >= 15 is 0 Å². The first kappa shape index (κ1) is 11.2. The van der Waals surface area contributed by atoms with Crippen LogP contribution in [0.1, 0.15) is 12.1 Å². The summed E-state index contributed by atoms with van der Waals surface area (Å²) in [5.74, 6) is 1.13. The number of hydrogen-bond donors (Lipinski definition) is 1. The van der Waals surface area contributed by atoms with Crippen molar-refractivity contribution in [3.8, 4) is 5.75 Å². The smallest absolute Gasteiger partial charge is 0.229 e. The average molecular weight is 247 g/mol. The van der Waals surface area contributed by atoms with Crippen LogP contribution in [0.4, 0.5) is 5.82 Å². The van der Waals surface area contributed by atoms with Crippen LogP contribution >= 0.6 is 0 Å². The highest BCUT2D eigenvalue weighted by Gasteiger charge is 2.30. The molecule has 6 nitrogen and oxygen atoms in total. The van der Waals surface area contributed by atoms with Crippen LogP contribution in [0.25, 0.3) is 0 Å². The highest BCUT2D eigenvalue weighted by molar-refractivity contribution is 5.95. The fraction of sp³-hybridized carbons (Fsp3) is 0.417. The van der Waals surface area contributed by atoms with Gasteiger partial charge in [0.15, 0.2) is 5.78 Å². The zero-order chi connectivity index (χ0) is 12.7. The molecule has 3 heterocycles. The van der Waals surface area contributed by atoms with Gasteiger partial charge in [-0.25, -0.2) is 4.98 Å². The van der Waals surface area contributed by atoms with E-state index in [9.17, 15) is 9.59 Å². The van der Waals surface area contributed by atoms with E-state index in [1.54, 1.807) is 17.0 Å². The molecule has 2 N–H and O–H groups in total. The minimum absolute atomic E-state index is 0.00315. The van der Waals surface area contributed by atoms with Crippen molar-refractivity contribution in [2.75, 3.05) is 18.1 Å². The van der Waals surface area contributed by atoms with Crippen molar-refractivity contribution in [1.29, 1.82) is 0 Å². The van der Waals surface area contributed by atoms with Gasteiger partial charge in [0.25, 0.3) is 0 Å². The molecule has 1 aromatic heterocycles. The second-order valence-corrected chi connectivity index (χ2v) is 4.59. The molecule has 2 aliphatic heterocycles. The largest absolute Gasteiger partial charge is 0.484 e. The molecule has 0 spiro atoms. The van der Waals surface area contributed by atoms with Crippen molar-refractivity contribution in [2.24, 2.45) is 5.73 Å². The third-order valence-electron chi connectivity index (χ3n) is 3.10. The van der Waals surface area contributed by atoms with Gasteiger partial charge in [-0.2, -0.15) is 0 Å². The van der Waals surface area contributed by atoms with Gasteiger partial charge in [-0.3, -0.25) is 14.5 Å². The van der Waals surface area contributed by atoms with E-state index in [1.807, 2.05) is 0 Å². The molecule has 0 saturated carbocycles. The van der Waals surface area contributed by atoms with E-state index in [0.29, 0.717) is 30.2 Å². The number of rotatable bonds is 1. The molecular weight excluding hydrogens is 234 g/mol. The fourth-order valence-electron chi connectivity index (χ4n) is 2.24. The number of nitrogens with two attached hydrogens (primary N) is 1. The van der Waals surface area contributed by atoms with Gasteiger partial charge in [0.05, 0.1) is 12.1 Å². The Labute approximate surface area is 104 Å². The van der Waals surface area contributed by atoms with Gasteiger partial charge in [0.1, 0.15) is 18.2 Å². The molecule has 1 atom stereocenters. The van der Waals surface area contributed by atoms with Crippen molar-refractivity contribution in [3.63, 3.8) is 0 Å². The Kier molecular flexibility index (Phi) is 2.52. The number of amides is 1. The molecule has 94 valence electrons. The summed E-state index contributed by atoms with van der Waals surface area (Å²) in [4.78, 5) is 28.9. The molecule has 1 fully saturated rings. The second kappa shape index (κ2) is 4.06. The fourth-order valence-corrected chi connectivity index (χ4v) is 2.24. The second-order valence-electron chi connectivity index (χ2n) is 4.59. The maximum absolute atomic E-state index is 11.7. The molecule has 0 bridgehead atoms. The van der Waals surface area contributed by atoms with Gasteiger partial charge in [-0.15, -0.1) is 0 Å². The highest BCUT2D eigenvalue weighted by Crippen LogP contribution is 2.26. The molecule has 1 amide bonds. The molecule has 18 heavy (non-hydrogen) atoms. The Morgan fingerprint density at radius 2 is 2.22 bits per heavy atom. The van der Waals surface area contributed by atoms with Crippen molar-refractivity contribution >= 4 is 17.5 Å². The zero-order valence-electron chi connectivity index (χ0n) is 9.76. The van der Waals surface area contributed by atoms with Crippen LogP contribution in [0.2, 0.25) is 0 Å². The van der Waals surface area contributed by atoms with E-state index in [4.69, 9.17) is 10.5 Å². The number of fused-ring (bicyclic) bond motifs is 1. The van der Waals surface area contributed by atoms with Crippen molar-refractivity contribution in [1.82, 2.24) is 4.98 Å². The molecule has 3 rings (SSSR count). The van der Waals surface area contributed by atoms with E-state index in [2.05, 4.69) is 4.98 Å². The lowest BCUT2D eigenvalue weighted by molar-refractivity contribution is -0.121. The molecule has 1 unspecified atom stereocenters. The summed E-state index contributed by atoms with van der Waals surface area (Å²) in [6, 6.07) is 3.33. The first-order valence-electron chi connectivity index (χ1n) is 5.84. The van der Waals surface area contributed by atoms with Crippen molar-refractivity contribution in [2.45, 2.75) is 18.9 Å². The summed E-state index contributed by atoms with van der Waals surface area (Å²) in [5.41, 5.74) is 6.34. The number of hydrogen-bond acceptors (Lipinski definition) is 5. The summed E-state index contributed by atoms with van der Waals surface area (Å²) < 4.78 is 5.26. The van der Waals surface area contributed by atoms with E-state index in [0.717, 1.165) is 0 Å². The average Bonchev–Trinajstić information content (AvgIpc) is 2.67. The van der Waals surface area contributed by atoms with Crippen LogP contribution in [0.3, 0.4) is 0 Å². The predicted octanol–water partition coefficient (Wildman–Crippen LogP) is -0.350. The highest BCUT2D eigenvalue weighted by atomic mass is 16.5. The van der Waals surface area contributed by atoms with Gasteiger partial charge in [0, 0.05) is 19.0 Å². The minimum atomic E-state index is -0.145. The number of ketones is 1. The molecular formula is C12H13N3O3. The predicted molar refractivity (Wildman–Crippen MR) is 63.4 cm³/mol. The lowest BCUT2D eigenvalue weighted by atomic mass is 10.1. The van der Waals surface area contributed by atoms with Crippen LogP contribution in [0, 0.1) is 0 Å². The number of carbonyl (C=O) groups is 2. The maximum atomic E-state index is 11.7. The number of carbonyl (C=O) groups excluding carboxylic acids is 2. The van der Waals surface area contributed by atoms with Crippen LogP contribution < -0.4 is 15.4 Å². The maximum Gasteiger partial charge on any atom is 0.229 e. The van der Waals surface area contributed by atoms with Crippen molar-refractivity contribution < 1.29 is 14.3 Å². The van der Waals surface area contributed by atoms with Gasteiger partial charge >= 0.3 is 0 Å². The van der Waals surface area contributed by atoms with E-state index in [-0.39, 0.29) is 30.8 Å². The topological polar surface area (TPSA) is 85.5 Å². The van der Waals surface area contributed by atoms with E-state index < -0.39 is 0 Å². The van der Waals surface area contributed by atoms with E-state index in [1.165, 1.54) is 0 Å². The summed E-state index contributed by atoms with van der Waals surface area (Å²) >= 11 is 0. The third kappa shape index (κ3) is 1.84. The third-order valence-corrected chi connectivity index (χ3v) is 3.10. The number of anilines is 1. The van der Waals surface area contributed by atoms with Crippen LogP contribution in [-0.4, -0.2) is 35.9 Å². The summed E-state index contributed by atoms with van der Waals surface area (Å²) in [6.45, 7) is 0.570. The monoisotopic (exact) mass is 247 g/mol. The molecule has 6 heteroatoms. The first-order valence-corrected chi connectivity index (χ1v) is 5.84. The van der Waals surface area contributed by atoms with Crippen LogP contribution in [0.5, 0.6) is 5.75 Å². The summed E-state index contributed by atoms with van der Waals surface area (Å²) in [7, 11) is 0. The van der Waals surface area contributed by atoms with Gasteiger partial charge < -0.3 is 10.5 Å². The standard InChI is InChI=1S/C12H13N3O3/c13-7-3-12(17)15(5-7)11-2-1-10-9(14-11)4-8(16)6-18-10/h1-2,7H,3-6,13H2. The number of ether oxygens (including phenoxy) is 1. The minimum Gasteiger partial charge on any atom is -0.484 e. The SMILES string of the molecule is NC1CC(=O)N(c2ccc3c(n2)CC(=O)CO3)C1. The number of Topliss-reactive ketones (excluding diaryl/α,β-unsaturated/α-hetero) is 1. The van der Waals surface area contributed by atoms with Crippen molar-refractivity contribution in [3.05, 3.63) is 17.8 Å². The normalized spacial score (nSPS) is 22.9. The first-order chi connectivity index (χ1) is 8.63. The molecule has 1 saturated heterocycles. The Morgan fingerprint density at radius 3 is 2.94 bits per heavy atom. The Morgan fingerprint density at radius 1 is 1.39 bits per heavy atom. The molecule has 0 aromatic carbocycles. The summed E-state index contributed by atoms with van der Waals surface area (Å²) in [5, 5.41) is 0. The number of nitrogens with zero attached hydrogens (tertiary/aromatic N) is 2. The molecule has 0 radical (unpaired) electrons. The molecule has 1 aromatic rings. The lowest BCUT2D eigenvalue weighted by Gasteiger charge is -2.20. The Hall–Kier alpha value is -1.95. The Bertz CT molecular complexity index is 529. The zero-order valence-corrected chi connectivity index (χ0v) is 9.76. The lowest BCUT2D eigenvalue weighted by Crippen LogP contribution is -2.29. The molecule has 0 aliphatic carbocycles. The van der Waals surface area contributed by atoms with Gasteiger partial charge in [-0.05, 0) is 12.1 Å². The summed E-state index contributed by atoms with van der Waals surface area (Å²) in [6.07, 6.45) is 0.603. The Balaban J connectivity index is 1.92. The number of aromatic nitrogens is 1. The van der Waals surface area contributed by atoms with Gasteiger partial charge in [-0.1, -0.05) is 0 Å². The number of pyridine rings is 1.